The molecule has 23 heavy (non-hydrogen) atoms. The first-order chi connectivity index (χ1) is 10.6. The van der Waals surface area contributed by atoms with E-state index in [1.165, 1.54) is 0 Å². The van der Waals surface area contributed by atoms with Crippen LogP contribution in [0.4, 0.5) is 0 Å². The average molecular weight is 346 g/mol. The highest BCUT2D eigenvalue weighted by atomic mass is 31.2. The van der Waals surface area contributed by atoms with Gasteiger partial charge in [0.1, 0.15) is 5.75 Å². The topological polar surface area (TPSA) is 110 Å². The van der Waals surface area contributed by atoms with Crippen LogP contribution in [0.15, 0.2) is 12.1 Å². The molecule has 0 unspecified atom stereocenters. The molecule has 7 nitrogen and oxygen atoms in total. The number of carbonyl (C=O) groups excluding carboxylic acids is 2. The summed E-state index contributed by atoms with van der Waals surface area (Å²) < 4.78 is 20.8. The van der Waals surface area contributed by atoms with Gasteiger partial charge in [0.15, 0.2) is 0 Å². The van der Waals surface area contributed by atoms with Gasteiger partial charge in [-0.05, 0) is 57.2 Å². The molecule has 1 aromatic carbocycles. The Bertz CT molecular complexity index is 548. The van der Waals surface area contributed by atoms with E-state index in [0.717, 1.165) is 22.4 Å². The standard InChI is InChI=1S/C14H23O5P.CO2/c1-10(2)19-14-11(3)8-13(9-12(14)4)6-5-7-18-20(15,16)17;2-1-3/h8-10H,5-7H2,1-4H3,(H2,15,16,17);. The smallest absolute Gasteiger partial charge is 0.469 e. The molecule has 0 bridgehead atoms. The summed E-state index contributed by atoms with van der Waals surface area (Å²) in [6.45, 7) is 8.03. The lowest BCUT2D eigenvalue weighted by Crippen LogP contribution is -2.08. The Kier molecular flexibility index (Phi) is 9.65. The number of phosphoric acid groups is 1. The Balaban J connectivity index is 0.00000149. The molecule has 0 aliphatic carbocycles. The van der Waals surface area contributed by atoms with Crippen LogP contribution in [0.1, 0.15) is 37.0 Å². The first kappa shape index (κ1) is 21.5. The number of benzene rings is 1. The van der Waals surface area contributed by atoms with Crippen LogP contribution in [0.2, 0.25) is 0 Å². The van der Waals surface area contributed by atoms with Gasteiger partial charge in [-0.15, -0.1) is 0 Å². The van der Waals surface area contributed by atoms with Crippen LogP contribution in [0, 0.1) is 13.8 Å². The zero-order chi connectivity index (χ0) is 18.0. The molecule has 1 aromatic rings. The van der Waals surface area contributed by atoms with Gasteiger partial charge in [-0.1, -0.05) is 12.1 Å². The molecule has 0 aromatic heterocycles. The molecule has 2 N–H and O–H groups in total. The van der Waals surface area contributed by atoms with Crippen LogP contribution < -0.4 is 4.74 Å². The van der Waals surface area contributed by atoms with Crippen LogP contribution in [0.25, 0.3) is 0 Å². The lowest BCUT2D eigenvalue weighted by atomic mass is 10.0. The fourth-order valence-corrected chi connectivity index (χ4v) is 2.43. The van der Waals surface area contributed by atoms with Crippen molar-refractivity contribution in [2.24, 2.45) is 0 Å². The number of rotatable bonds is 7. The second-order valence-electron chi connectivity index (χ2n) is 5.24. The Hall–Kier alpha value is -1.49. The Morgan fingerprint density at radius 2 is 1.65 bits per heavy atom. The van der Waals surface area contributed by atoms with Gasteiger partial charge in [-0.3, -0.25) is 4.52 Å². The number of hydrogen-bond acceptors (Lipinski definition) is 5. The van der Waals surface area contributed by atoms with Crippen molar-refractivity contribution in [2.45, 2.75) is 46.6 Å². The van der Waals surface area contributed by atoms with Crippen molar-refractivity contribution < 1.29 is 33.2 Å². The van der Waals surface area contributed by atoms with Gasteiger partial charge in [0.25, 0.3) is 0 Å². The van der Waals surface area contributed by atoms with E-state index < -0.39 is 7.82 Å². The van der Waals surface area contributed by atoms with Crippen molar-refractivity contribution in [2.75, 3.05) is 6.61 Å². The molecule has 0 heterocycles. The van der Waals surface area contributed by atoms with Crippen LogP contribution in [-0.4, -0.2) is 28.6 Å². The molecule has 0 amide bonds. The van der Waals surface area contributed by atoms with Gasteiger partial charge >= 0.3 is 14.0 Å². The minimum Gasteiger partial charge on any atom is -0.490 e. The summed E-state index contributed by atoms with van der Waals surface area (Å²) in [4.78, 5) is 33.4. The van der Waals surface area contributed by atoms with Crippen LogP contribution >= 0.6 is 7.82 Å². The Labute approximate surface area is 135 Å². The van der Waals surface area contributed by atoms with Crippen molar-refractivity contribution in [3.63, 3.8) is 0 Å². The van der Waals surface area contributed by atoms with Crippen molar-refractivity contribution in [1.29, 1.82) is 0 Å². The van der Waals surface area contributed by atoms with Gasteiger partial charge < -0.3 is 14.5 Å². The molecular formula is C15H23O7P. The largest absolute Gasteiger partial charge is 0.490 e. The van der Waals surface area contributed by atoms with Gasteiger partial charge in [0, 0.05) is 0 Å². The summed E-state index contributed by atoms with van der Waals surface area (Å²) in [6, 6.07) is 4.09. The first-order valence-corrected chi connectivity index (χ1v) is 8.60. The van der Waals surface area contributed by atoms with Crippen molar-refractivity contribution in [3.05, 3.63) is 28.8 Å². The zero-order valence-corrected chi connectivity index (χ0v) is 14.6. The molecule has 0 atom stereocenters. The van der Waals surface area contributed by atoms with E-state index in [9.17, 15) is 4.57 Å². The lowest BCUT2D eigenvalue weighted by molar-refractivity contribution is -0.191. The molecule has 0 saturated heterocycles. The second-order valence-corrected chi connectivity index (χ2v) is 6.48. The molecular weight excluding hydrogens is 323 g/mol. The van der Waals surface area contributed by atoms with Crippen molar-refractivity contribution >= 4 is 14.0 Å². The van der Waals surface area contributed by atoms with E-state index in [2.05, 4.69) is 4.52 Å². The van der Waals surface area contributed by atoms with Gasteiger partial charge in [0.05, 0.1) is 12.7 Å². The minimum atomic E-state index is -4.35. The number of phosphoric ester groups is 1. The third-order valence-corrected chi connectivity index (χ3v) is 3.26. The molecule has 0 aliphatic heterocycles. The predicted molar refractivity (Wildman–Crippen MR) is 83.0 cm³/mol. The van der Waals surface area contributed by atoms with Gasteiger partial charge in [-0.25, -0.2) is 4.57 Å². The fourth-order valence-electron chi connectivity index (χ4n) is 2.07. The molecule has 0 aliphatic rings. The normalized spacial score (nSPS) is 10.7. The molecule has 8 heteroatoms. The summed E-state index contributed by atoms with van der Waals surface area (Å²) in [5.74, 6) is 0.912. The number of hydrogen-bond donors (Lipinski definition) is 2. The van der Waals surface area contributed by atoms with E-state index in [0.29, 0.717) is 12.8 Å². The summed E-state index contributed by atoms with van der Waals surface area (Å²) in [5.41, 5.74) is 3.26. The third-order valence-electron chi connectivity index (χ3n) is 2.74. The maximum Gasteiger partial charge on any atom is 0.469 e. The quantitative estimate of drug-likeness (QED) is 0.576. The van der Waals surface area contributed by atoms with E-state index in [1.54, 1.807) is 0 Å². The maximum atomic E-state index is 10.6. The average Bonchev–Trinajstić information content (AvgIpc) is 2.39. The summed E-state index contributed by atoms with van der Waals surface area (Å²) >= 11 is 0. The molecule has 1 rings (SSSR count). The molecule has 0 spiro atoms. The summed E-state index contributed by atoms with van der Waals surface area (Å²) in [5, 5.41) is 0. The fraction of sp³-hybridized carbons (Fsp3) is 0.533. The summed E-state index contributed by atoms with van der Waals surface area (Å²) in [7, 11) is -4.35. The third kappa shape index (κ3) is 10.00. The SMILES string of the molecule is Cc1cc(CCCOP(=O)(O)O)cc(C)c1OC(C)C.O=C=O. The molecule has 130 valence electrons. The lowest BCUT2D eigenvalue weighted by Gasteiger charge is -2.16. The highest BCUT2D eigenvalue weighted by Gasteiger charge is 2.13. The zero-order valence-electron chi connectivity index (χ0n) is 13.7. The first-order valence-electron chi connectivity index (χ1n) is 7.06. The van der Waals surface area contributed by atoms with Gasteiger partial charge in [0.2, 0.25) is 0 Å². The van der Waals surface area contributed by atoms with E-state index in [4.69, 9.17) is 24.1 Å². The Morgan fingerprint density at radius 1 is 1.17 bits per heavy atom. The maximum absolute atomic E-state index is 10.6. The second kappa shape index (κ2) is 10.3. The monoisotopic (exact) mass is 346 g/mol. The van der Waals surface area contributed by atoms with Gasteiger partial charge in [-0.2, -0.15) is 9.59 Å². The van der Waals surface area contributed by atoms with E-state index in [-0.39, 0.29) is 18.9 Å². The highest BCUT2D eigenvalue weighted by molar-refractivity contribution is 7.46. The predicted octanol–water partition coefficient (Wildman–Crippen LogP) is 2.55. The highest BCUT2D eigenvalue weighted by Crippen LogP contribution is 2.35. The molecule has 0 saturated carbocycles. The van der Waals surface area contributed by atoms with Crippen molar-refractivity contribution in [3.8, 4) is 5.75 Å². The van der Waals surface area contributed by atoms with Crippen LogP contribution in [0.3, 0.4) is 0 Å². The Morgan fingerprint density at radius 3 is 2.04 bits per heavy atom. The van der Waals surface area contributed by atoms with Crippen LogP contribution in [-0.2, 0) is 25.1 Å². The van der Waals surface area contributed by atoms with Crippen LogP contribution in [0.5, 0.6) is 5.75 Å². The van der Waals surface area contributed by atoms with E-state index in [1.807, 2.05) is 39.8 Å². The summed E-state index contributed by atoms with van der Waals surface area (Å²) in [6.07, 6.45) is 1.66. The molecule has 0 fully saturated rings. The number of ether oxygens (including phenoxy) is 1. The van der Waals surface area contributed by atoms with E-state index >= 15 is 0 Å². The van der Waals surface area contributed by atoms with Crippen molar-refractivity contribution in [1.82, 2.24) is 0 Å². The number of aryl methyl sites for hydroxylation is 3. The minimum absolute atomic E-state index is 0.0482. The molecule has 0 radical (unpaired) electrons.